The van der Waals surface area contributed by atoms with Crippen LogP contribution < -0.4 is 17.2 Å². The summed E-state index contributed by atoms with van der Waals surface area (Å²) in [6.07, 6.45) is 2.01. The Balaban J connectivity index is -0.000000720. The van der Waals surface area contributed by atoms with Crippen LogP contribution in [0.15, 0.2) is 0 Å². The minimum absolute atomic E-state index is 0. The normalized spacial score (nSPS) is 10.6. The largest absolute Gasteiger partial charge is 0.358 e. The van der Waals surface area contributed by atoms with Crippen molar-refractivity contribution in [1.29, 1.82) is 0 Å². The van der Waals surface area contributed by atoms with Crippen molar-refractivity contribution in [3.63, 3.8) is 0 Å². The van der Waals surface area contributed by atoms with Gasteiger partial charge < -0.3 is 26.7 Å². The fraction of sp³-hybridized carbons (Fsp3) is 1.00. The molecular formula is C8H29N3O2Si2. The highest BCUT2D eigenvalue weighted by Crippen LogP contribution is 2.12. The second-order valence-electron chi connectivity index (χ2n) is 3.18. The van der Waals surface area contributed by atoms with Crippen LogP contribution in [0.3, 0.4) is 0 Å². The lowest BCUT2D eigenvalue weighted by Gasteiger charge is -2.26. The predicted octanol–water partition coefficient (Wildman–Crippen LogP) is -2.66. The van der Waals surface area contributed by atoms with E-state index in [2.05, 4.69) is 5.32 Å². The summed E-state index contributed by atoms with van der Waals surface area (Å²) in [5.74, 6) is 0. The Bertz CT molecular complexity index is 126. The standard InChI is InChI=1S/C8H22N2O2Si.H3N.H4Si/c1-11-8(13,12-2)4-3-6-10-7-5-9;;/h10H,3-7,9H2,1-2,13H3;1H3;1H4. The second kappa shape index (κ2) is 12.3. The van der Waals surface area contributed by atoms with Crippen molar-refractivity contribution in [2.45, 2.75) is 18.3 Å². The van der Waals surface area contributed by atoms with Crippen LogP contribution in [0, 0.1) is 0 Å². The summed E-state index contributed by atoms with van der Waals surface area (Å²) in [6, 6.07) is 0. The number of hydrogen-bond donors (Lipinski definition) is 3. The molecule has 96 valence electrons. The van der Waals surface area contributed by atoms with Gasteiger partial charge in [-0.2, -0.15) is 0 Å². The van der Waals surface area contributed by atoms with Gasteiger partial charge in [0, 0.05) is 27.3 Å². The van der Waals surface area contributed by atoms with Crippen molar-refractivity contribution in [1.82, 2.24) is 11.5 Å². The van der Waals surface area contributed by atoms with Gasteiger partial charge in [0.1, 0.15) is 5.41 Å². The van der Waals surface area contributed by atoms with E-state index in [4.69, 9.17) is 15.2 Å². The lowest BCUT2D eigenvalue weighted by Crippen LogP contribution is -2.35. The van der Waals surface area contributed by atoms with E-state index in [0.29, 0.717) is 6.54 Å². The van der Waals surface area contributed by atoms with Gasteiger partial charge in [-0.05, 0) is 30.4 Å². The summed E-state index contributed by atoms with van der Waals surface area (Å²) < 4.78 is 10.6. The SMILES string of the molecule is COC([SiH3])(CCCNCCN)OC.N.[SiH4]. The topological polar surface area (TPSA) is 91.5 Å². The van der Waals surface area contributed by atoms with Crippen molar-refractivity contribution in [2.75, 3.05) is 33.9 Å². The highest BCUT2D eigenvalue weighted by Gasteiger charge is 2.20. The summed E-state index contributed by atoms with van der Waals surface area (Å²) in [5.41, 5.74) is 5.04. The van der Waals surface area contributed by atoms with Gasteiger partial charge in [-0.25, -0.2) is 0 Å². The molecule has 0 heterocycles. The minimum atomic E-state index is -0.301. The van der Waals surface area contributed by atoms with E-state index >= 15 is 0 Å². The molecule has 15 heavy (non-hydrogen) atoms. The van der Waals surface area contributed by atoms with E-state index in [1.54, 1.807) is 14.2 Å². The summed E-state index contributed by atoms with van der Waals surface area (Å²) in [4.78, 5) is 0. The molecule has 0 aromatic carbocycles. The van der Waals surface area contributed by atoms with Crippen molar-refractivity contribution in [2.24, 2.45) is 5.73 Å². The molecule has 0 aliphatic rings. The molecule has 0 aliphatic carbocycles. The van der Waals surface area contributed by atoms with E-state index in [9.17, 15) is 0 Å². The first-order valence-electron chi connectivity index (χ1n) is 4.69. The molecule has 0 unspecified atom stereocenters. The maximum Gasteiger partial charge on any atom is 0.140 e. The Morgan fingerprint density at radius 3 is 2.20 bits per heavy atom. The zero-order valence-corrected chi connectivity index (χ0v) is 11.6. The van der Waals surface area contributed by atoms with E-state index in [1.165, 1.54) is 0 Å². The van der Waals surface area contributed by atoms with Gasteiger partial charge in [0.25, 0.3) is 0 Å². The number of hydrogen-bond acceptors (Lipinski definition) is 5. The van der Waals surface area contributed by atoms with Crippen LogP contribution in [0.2, 0.25) is 0 Å². The predicted molar refractivity (Wildman–Crippen MR) is 74.2 cm³/mol. The average molecular weight is 256 g/mol. The van der Waals surface area contributed by atoms with Crippen LogP contribution >= 0.6 is 0 Å². The molecule has 0 radical (unpaired) electrons. The quantitative estimate of drug-likeness (QED) is 0.250. The number of nitrogens with one attached hydrogen (secondary N) is 1. The van der Waals surface area contributed by atoms with Crippen molar-refractivity contribution < 1.29 is 9.47 Å². The zero-order valence-electron chi connectivity index (χ0n) is 9.64. The maximum absolute atomic E-state index is 5.34. The highest BCUT2D eigenvalue weighted by atomic mass is 28.1. The molecule has 0 amide bonds. The minimum Gasteiger partial charge on any atom is -0.358 e. The van der Waals surface area contributed by atoms with Gasteiger partial charge in [-0.1, -0.05) is 0 Å². The van der Waals surface area contributed by atoms with Crippen LogP contribution in [-0.2, 0) is 9.47 Å². The molecule has 6 N–H and O–H groups in total. The summed E-state index contributed by atoms with van der Waals surface area (Å²) in [7, 11) is 4.29. The van der Waals surface area contributed by atoms with Gasteiger partial charge in [-0.15, -0.1) is 0 Å². The monoisotopic (exact) mass is 255 g/mol. The Morgan fingerprint density at radius 2 is 1.80 bits per heavy atom. The fourth-order valence-corrected chi connectivity index (χ4v) is 1.40. The Morgan fingerprint density at radius 1 is 1.27 bits per heavy atom. The van der Waals surface area contributed by atoms with Gasteiger partial charge >= 0.3 is 0 Å². The molecular weight excluding hydrogens is 226 g/mol. The van der Waals surface area contributed by atoms with Gasteiger partial charge in [0.2, 0.25) is 0 Å². The molecule has 0 spiro atoms. The Kier molecular flexibility index (Phi) is 16.9. The molecule has 0 rings (SSSR count). The third kappa shape index (κ3) is 10.5. The summed E-state index contributed by atoms with van der Waals surface area (Å²) in [6.45, 7) is 2.56. The van der Waals surface area contributed by atoms with Crippen molar-refractivity contribution >= 4 is 21.2 Å². The van der Waals surface area contributed by atoms with Crippen LogP contribution in [0.1, 0.15) is 12.8 Å². The van der Waals surface area contributed by atoms with E-state index in [-0.39, 0.29) is 22.5 Å². The molecule has 0 bridgehead atoms. The maximum atomic E-state index is 5.34. The number of ether oxygens (including phenoxy) is 2. The molecule has 5 nitrogen and oxygen atoms in total. The van der Waals surface area contributed by atoms with Crippen LogP contribution in [0.25, 0.3) is 0 Å². The fourth-order valence-electron chi connectivity index (χ4n) is 1.05. The third-order valence-corrected chi connectivity index (χ3v) is 3.49. The van der Waals surface area contributed by atoms with Gasteiger partial charge in [0.15, 0.2) is 0 Å². The molecule has 0 atom stereocenters. The summed E-state index contributed by atoms with van der Waals surface area (Å²) in [5, 5.41) is 3.24. The van der Waals surface area contributed by atoms with E-state index in [0.717, 1.165) is 36.2 Å². The van der Waals surface area contributed by atoms with E-state index in [1.807, 2.05) is 0 Å². The number of methoxy groups -OCH3 is 2. The molecule has 7 heteroatoms. The lowest BCUT2D eigenvalue weighted by molar-refractivity contribution is -0.146. The first-order chi connectivity index (χ1) is 6.18. The van der Waals surface area contributed by atoms with Crippen molar-refractivity contribution in [3.8, 4) is 0 Å². The average Bonchev–Trinajstić information content (AvgIpc) is 2.17. The second-order valence-corrected chi connectivity index (χ2v) is 4.71. The molecule has 0 saturated heterocycles. The summed E-state index contributed by atoms with van der Waals surface area (Å²) >= 11 is 0. The number of rotatable bonds is 8. The van der Waals surface area contributed by atoms with Gasteiger partial charge in [-0.3, -0.25) is 0 Å². The molecule has 0 aliphatic heterocycles. The Hall–Kier alpha value is 0.234. The van der Waals surface area contributed by atoms with Gasteiger partial charge in [0.05, 0.1) is 10.2 Å². The van der Waals surface area contributed by atoms with Crippen molar-refractivity contribution in [3.05, 3.63) is 0 Å². The van der Waals surface area contributed by atoms with Crippen LogP contribution in [0.4, 0.5) is 0 Å². The first-order valence-corrected chi connectivity index (χ1v) is 5.69. The Labute approximate surface area is 100 Å². The molecule has 0 fully saturated rings. The molecule has 0 aromatic rings. The lowest BCUT2D eigenvalue weighted by atomic mass is 10.3. The van der Waals surface area contributed by atoms with E-state index < -0.39 is 0 Å². The highest BCUT2D eigenvalue weighted by molar-refractivity contribution is 6.13. The third-order valence-electron chi connectivity index (χ3n) is 2.17. The van der Waals surface area contributed by atoms with Crippen LogP contribution in [0.5, 0.6) is 0 Å². The molecule has 0 aromatic heterocycles. The van der Waals surface area contributed by atoms with Crippen LogP contribution in [-0.4, -0.2) is 60.5 Å². The molecule has 0 saturated carbocycles. The number of nitrogens with two attached hydrogens (primary N) is 1. The smallest absolute Gasteiger partial charge is 0.140 e. The zero-order chi connectivity index (χ0) is 10.2. The first kappa shape index (κ1) is 20.6.